The lowest BCUT2D eigenvalue weighted by atomic mass is 9.99. The van der Waals surface area contributed by atoms with Gasteiger partial charge in [-0.3, -0.25) is 11.3 Å². The minimum Gasteiger partial charge on any atom is -0.271 e. The summed E-state index contributed by atoms with van der Waals surface area (Å²) in [5.41, 5.74) is 4.54. The molecular formula is C12H16ClFN2. The zero-order chi connectivity index (χ0) is 12.1. The Kier molecular flexibility index (Phi) is 4.93. The molecule has 0 aliphatic rings. The van der Waals surface area contributed by atoms with Gasteiger partial charge >= 0.3 is 0 Å². The van der Waals surface area contributed by atoms with E-state index in [2.05, 4.69) is 12.0 Å². The van der Waals surface area contributed by atoms with Gasteiger partial charge in [0.15, 0.2) is 0 Å². The average Bonchev–Trinajstić information content (AvgIpc) is 2.26. The molecule has 0 aromatic heterocycles. The van der Waals surface area contributed by atoms with Crippen molar-refractivity contribution in [3.05, 3.63) is 46.8 Å². The van der Waals surface area contributed by atoms with Gasteiger partial charge in [0.05, 0.1) is 6.04 Å². The first-order chi connectivity index (χ1) is 7.58. The average molecular weight is 243 g/mol. The van der Waals surface area contributed by atoms with E-state index in [4.69, 9.17) is 17.4 Å². The van der Waals surface area contributed by atoms with Crippen molar-refractivity contribution < 1.29 is 4.39 Å². The maximum Gasteiger partial charge on any atom is 0.124 e. The highest BCUT2D eigenvalue weighted by molar-refractivity contribution is 6.31. The molecule has 0 fully saturated rings. The van der Waals surface area contributed by atoms with Crippen LogP contribution in [-0.2, 0) is 0 Å². The van der Waals surface area contributed by atoms with Crippen molar-refractivity contribution in [3.8, 4) is 0 Å². The molecule has 2 nitrogen and oxygen atoms in total. The lowest BCUT2D eigenvalue weighted by Crippen LogP contribution is -2.28. The van der Waals surface area contributed by atoms with Crippen LogP contribution in [0.25, 0.3) is 0 Å². The summed E-state index contributed by atoms with van der Waals surface area (Å²) in [5, 5.41) is 0.381. The van der Waals surface area contributed by atoms with Crippen molar-refractivity contribution in [2.24, 2.45) is 5.84 Å². The summed E-state index contributed by atoms with van der Waals surface area (Å²) in [5.74, 6) is 5.12. The third kappa shape index (κ3) is 3.30. The largest absolute Gasteiger partial charge is 0.271 e. The highest BCUT2D eigenvalue weighted by Gasteiger charge is 2.14. The minimum absolute atomic E-state index is 0.124. The van der Waals surface area contributed by atoms with Crippen LogP contribution < -0.4 is 11.3 Å². The Morgan fingerprint density at radius 1 is 1.62 bits per heavy atom. The molecule has 1 aromatic carbocycles. The van der Waals surface area contributed by atoms with Crippen LogP contribution in [0.5, 0.6) is 0 Å². The molecular weight excluding hydrogens is 227 g/mol. The highest BCUT2D eigenvalue weighted by Crippen LogP contribution is 2.28. The van der Waals surface area contributed by atoms with Crippen LogP contribution in [0.4, 0.5) is 4.39 Å². The maximum atomic E-state index is 12.9. The number of nitrogens with two attached hydrogens (primary N) is 1. The molecule has 0 spiro atoms. The van der Waals surface area contributed by atoms with Gasteiger partial charge in [-0.2, -0.15) is 0 Å². The first-order valence-electron chi connectivity index (χ1n) is 5.16. The molecule has 4 heteroatoms. The van der Waals surface area contributed by atoms with Crippen LogP contribution in [0, 0.1) is 5.82 Å². The van der Waals surface area contributed by atoms with Crippen molar-refractivity contribution in [1.82, 2.24) is 5.43 Å². The second-order valence-corrected chi connectivity index (χ2v) is 4.10. The summed E-state index contributed by atoms with van der Waals surface area (Å²) in [6, 6.07) is 4.18. The Labute approximate surface area is 100 Å². The van der Waals surface area contributed by atoms with E-state index >= 15 is 0 Å². The van der Waals surface area contributed by atoms with E-state index in [1.165, 1.54) is 12.1 Å². The van der Waals surface area contributed by atoms with Crippen molar-refractivity contribution in [1.29, 1.82) is 0 Å². The summed E-state index contributed by atoms with van der Waals surface area (Å²) in [7, 11) is 0. The van der Waals surface area contributed by atoms with E-state index in [9.17, 15) is 4.39 Å². The topological polar surface area (TPSA) is 38.0 Å². The number of benzene rings is 1. The summed E-state index contributed by atoms with van der Waals surface area (Å²) in [6.07, 6.45) is 1.58. The monoisotopic (exact) mass is 242 g/mol. The fourth-order valence-electron chi connectivity index (χ4n) is 1.48. The van der Waals surface area contributed by atoms with Crippen LogP contribution in [0.2, 0.25) is 5.02 Å². The number of nitrogens with one attached hydrogen (secondary N) is 1. The highest BCUT2D eigenvalue weighted by atomic mass is 35.5. The maximum absolute atomic E-state index is 12.9. The van der Waals surface area contributed by atoms with Gasteiger partial charge in [-0.1, -0.05) is 36.7 Å². The van der Waals surface area contributed by atoms with Crippen molar-refractivity contribution in [3.63, 3.8) is 0 Å². The number of hydrogen-bond donors (Lipinski definition) is 2. The van der Waals surface area contributed by atoms with E-state index in [0.717, 1.165) is 17.6 Å². The molecule has 0 bridgehead atoms. The summed E-state index contributed by atoms with van der Waals surface area (Å²) < 4.78 is 12.9. The molecule has 1 aromatic rings. The third-order valence-corrected chi connectivity index (χ3v) is 2.86. The van der Waals surface area contributed by atoms with E-state index in [1.54, 1.807) is 6.07 Å². The Balaban J connectivity index is 2.90. The first kappa shape index (κ1) is 13.2. The predicted molar refractivity (Wildman–Crippen MR) is 65.5 cm³/mol. The van der Waals surface area contributed by atoms with E-state index in [1.807, 2.05) is 6.92 Å². The predicted octanol–water partition coefficient (Wildman–Crippen LogP) is 3.34. The number of halogens is 2. The minimum atomic E-state index is -0.348. The number of rotatable bonds is 5. The van der Waals surface area contributed by atoms with Gasteiger partial charge in [-0.25, -0.2) is 4.39 Å². The van der Waals surface area contributed by atoms with Gasteiger partial charge in [0.1, 0.15) is 5.82 Å². The summed E-state index contributed by atoms with van der Waals surface area (Å²) in [6.45, 7) is 5.95. The van der Waals surface area contributed by atoms with E-state index < -0.39 is 0 Å². The molecule has 88 valence electrons. The molecule has 0 radical (unpaired) electrons. The zero-order valence-corrected chi connectivity index (χ0v) is 10.0. The van der Waals surface area contributed by atoms with Gasteiger partial charge < -0.3 is 0 Å². The summed E-state index contributed by atoms with van der Waals surface area (Å²) in [4.78, 5) is 0. The van der Waals surface area contributed by atoms with Crippen molar-refractivity contribution in [2.75, 3.05) is 0 Å². The van der Waals surface area contributed by atoms with Gasteiger partial charge in [-0.05, 0) is 30.5 Å². The van der Waals surface area contributed by atoms with Crippen LogP contribution in [0.1, 0.15) is 31.4 Å². The quantitative estimate of drug-likeness (QED) is 0.472. The lowest BCUT2D eigenvalue weighted by Gasteiger charge is -2.18. The van der Waals surface area contributed by atoms with Crippen LogP contribution in [0.3, 0.4) is 0 Å². The Morgan fingerprint density at radius 3 is 2.81 bits per heavy atom. The third-order valence-electron chi connectivity index (χ3n) is 2.53. The van der Waals surface area contributed by atoms with Gasteiger partial charge in [0, 0.05) is 5.02 Å². The van der Waals surface area contributed by atoms with E-state index in [0.29, 0.717) is 11.4 Å². The molecule has 0 aliphatic carbocycles. The molecule has 1 atom stereocenters. The normalized spacial score (nSPS) is 12.5. The fourth-order valence-corrected chi connectivity index (χ4v) is 1.77. The second-order valence-electron chi connectivity index (χ2n) is 3.69. The van der Waals surface area contributed by atoms with Gasteiger partial charge in [0.25, 0.3) is 0 Å². The Morgan fingerprint density at radius 2 is 2.31 bits per heavy atom. The van der Waals surface area contributed by atoms with Crippen LogP contribution >= 0.6 is 11.6 Å². The fraction of sp³-hybridized carbons (Fsp3) is 0.333. The molecule has 0 aliphatic heterocycles. The molecule has 0 heterocycles. The zero-order valence-electron chi connectivity index (χ0n) is 9.26. The molecule has 3 N–H and O–H groups in total. The number of hydrazine groups is 1. The second kappa shape index (κ2) is 5.99. The molecule has 1 unspecified atom stereocenters. The summed E-state index contributed by atoms with van der Waals surface area (Å²) >= 11 is 5.96. The molecule has 0 saturated heterocycles. The smallest absolute Gasteiger partial charge is 0.124 e. The van der Waals surface area contributed by atoms with Gasteiger partial charge in [-0.15, -0.1) is 0 Å². The Hall–Kier alpha value is -0.900. The molecule has 0 amide bonds. The van der Waals surface area contributed by atoms with E-state index in [-0.39, 0.29) is 11.9 Å². The van der Waals surface area contributed by atoms with Crippen LogP contribution in [0.15, 0.2) is 30.4 Å². The molecule has 0 saturated carbocycles. The molecule has 1 rings (SSSR count). The standard InChI is InChI=1S/C12H16ClFN2/c1-3-8(2)6-12(16-15)10-5-4-9(14)7-11(10)13/h4-5,7,12,16H,2-3,6,15H2,1H3. The lowest BCUT2D eigenvalue weighted by molar-refractivity contribution is 0.542. The van der Waals surface area contributed by atoms with Crippen LogP contribution in [-0.4, -0.2) is 0 Å². The SMILES string of the molecule is C=C(CC)CC(NN)c1ccc(F)cc1Cl. The van der Waals surface area contributed by atoms with Crippen molar-refractivity contribution in [2.45, 2.75) is 25.8 Å². The Bertz CT molecular complexity index is 379. The van der Waals surface area contributed by atoms with Crippen molar-refractivity contribution >= 4 is 11.6 Å². The first-order valence-corrected chi connectivity index (χ1v) is 5.54. The van der Waals surface area contributed by atoms with Gasteiger partial charge in [0.2, 0.25) is 0 Å². The number of hydrogen-bond acceptors (Lipinski definition) is 2. The molecule has 16 heavy (non-hydrogen) atoms.